The molecule has 7 heteroatoms. The average Bonchev–Trinajstić information content (AvgIpc) is 2.94. The minimum atomic E-state index is -1.10. The normalized spacial score (nSPS) is 19.2. The van der Waals surface area contributed by atoms with E-state index in [1.54, 1.807) is 18.2 Å². The van der Waals surface area contributed by atoms with Crippen molar-refractivity contribution < 1.29 is 19.4 Å². The van der Waals surface area contributed by atoms with Crippen molar-refractivity contribution in [3.05, 3.63) is 33.8 Å². The van der Waals surface area contributed by atoms with Gasteiger partial charge in [0.1, 0.15) is 6.04 Å². The van der Waals surface area contributed by atoms with Crippen molar-refractivity contribution in [1.82, 2.24) is 5.32 Å². The van der Waals surface area contributed by atoms with Crippen LogP contribution in [0.3, 0.4) is 0 Å². The van der Waals surface area contributed by atoms with Gasteiger partial charge in [0.15, 0.2) is 0 Å². The van der Waals surface area contributed by atoms with E-state index in [1.165, 1.54) is 0 Å². The van der Waals surface area contributed by atoms with Crippen molar-refractivity contribution in [1.29, 1.82) is 0 Å². The van der Waals surface area contributed by atoms with Gasteiger partial charge in [-0.25, -0.2) is 4.79 Å². The third kappa shape index (κ3) is 4.33. The number of amides is 1. The zero-order chi connectivity index (χ0) is 15.4. The van der Waals surface area contributed by atoms with Crippen molar-refractivity contribution in [2.45, 2.75) is 18.9 Å². The fourth-order valence-electron chi connectivity index (χ4n) is 2.14. The molecule has 1 aliphatic heterocycles. The quantitative estimate of drug-likeness (QED) is 0.866. The van der Waals surface area contributed by atoms with E-state index in [9.17, 15) is 14.7 Å². The van der Waals surface area contributed by atoms with Gasteiger partial charge in [-0.1, -0.05) is 29.3 Å². The highest BCUT2D eigenvalue weighted by Gasteiger charge is 2.28. The minimum absolute atomic E-state index is 0.102. The molecule has 0 radical (unpaired) electrons. The Hall–Kier alpha value is -1.30. The molecule has 21 heavy (non-hydrogen) atoms. The van der Waals surface area contributed by atoms with Crippen LogP contribution in [0.5, 0.6) is 0 Å². The first kappa shape index (κ1) is 16.1. The molecule has 1 aromatic carbocycles. The SMILES string of the molecule is O=C(N[C@@H](Cc1ccc(Cl)cc1Cl)C(=O)O)[C@@H]1CCOC1. The number of aliphatic carboxylic acids is 1. The Morgan fingerprint density at radius 2 is 2.19 bits per heavy atom. The Morgan fingerprint density at radius 1 is 1.43 bits per heavy atom. The van der Waals surface area contributed by atoms with Crippen LogP contribution in [0.15, 0.2) is 18.2 Å². The molecular weight excluding hydrogens is 317 g/mol. The molecule has 1 aliphatic rings. The van der Waals surface area contributed by atoms with Crippen LogP contribution in [-0.2, 0) is 20.7 Å². The molecule has 0 spiro atoms. The number of rotatable bonds is 5. The largest absolute Gasteiger partial charge is 0.480 e. The van der Waals surface area contributed by atoms with Crippen molar-refractivity contribution in [2.75, 3.05) is 13.2 Å². The molecule has 2 rings (SSSR count). The van der Waals surface area contributed by atoms with Crippen LogP contribution in [0.25, 0.3) is 0 Å². The fourth-order valence-corrected chi connectivity index (χ4v) is 2.62. The molecule has 0 saturated carbocycles. The lowest BCUT2D eigenvalue weighted by Crippen LogP contribution is -2.45. The number of carbonyl (C=O) groups is 2. The van der Waals surface area contributed by atoms with E-state index in [0.29, 0.717) is 35.2 Å². The van der Waals surface area contributed by atoms with Crippen LogP contribution in [0.1, 0.15) is 12.0 Å². The smallest absolute Gasteiger partial charge is 0.326 e. The van der Waals surface area contributed by atoms with Crippen LogP contribution >= 0.6 is 23.2 Å². The number of nitrogens with one attached hydrogen (secondary N) is 1. The molecule has 1 fully saturated rings. The van der Waals surface area contributed by atoms with Gasteiger partial charge in [0.05, 0.1) is 12.5 Å². The summed E-state index contributed by atoms with van der Waals surface area (Å²) in [5.41, 5.74) is 0.622. The molecule has 0 aromatic heterocycles. The third-order valence-corrected chi connectivity index (χ3v) is 3.94. The van der Waals surface area contributed by atoms with Gasteiger partial charge >= 0.3 is 5.97 Å². The Bertz CT molecular complexity index is 544. The topological polar surface area (TPSA) is 75.6 Å². The van der Waals surface area contributed by atoms with E-state index in [-0.39, 0.29) is 18.2 Å². The molecule has 1 amide bonds. The summed E-state index contributed by atoms with van der Waals surface area (Å²) in [5, 5.41) is 12.7. The first-order chi connectivity index (χ1) is 9.97. The Labute approximate surface area is 132 Å². The van der Waals surface area contributed by atoms with E-state index in [0.717, 1.165) is 0 Å². The number of carbonyl (C=O) groups excluding carboxylic acids is 1. The number of carboxylic acid groups (broad SMARTS) is 1. The van der Waals surface area contributed by atoms with Crippen LogP contribution in [0.2, 0.25) is 10.0 Å². The Morgan fingerprint density at radius 3 is 2.76 bits per heavy atom. The monoisotopic (exact) mass is 331 g/mol. The summed E-state index contributed by atoms with van der Waals surface area (Å²) in [6, 6.07) is 3.81. The van der Waals surface area contributed by atoms with Crippen LogP contribution in [-0.4, -0.2) is 36.2 Å². The summed E-state index contributed by atoms with van der Waals surface area (Å²) in [7, 11) is 0. The lowest BCUT2D eigenvalue weighted by Gasteiger charge is -2.17. The zero-order valence-corrected chi connectivity index (χ0v) is 12.7. The number of hydrogen-bond acceptors (Lipinski definition) is 3. The summed E-state index contributed by atoms with van der Waals surface area (Å²) < 4.78 is 5.13. The summed E-state index contributed by atoms with van der Waals surface area (Å²) >= 11 is 11.8. The maximum atomic E-state index is 12.0. The molecule has 2 N–H and O–H groups in total. The predicted molar refractivity (Wildman–Crippen MR) is 78.7 cm³/mol. The summed E-state index contributed by atoms with van der Waals surface area (Å²) in [6.07, 6.45) is 0.713. The number of benzene rings is 1. The van der Waals surface area contributed by atoms with Crippen LogP contribution in [0, 0.1) is 5.92 Å². The van der Waals surface area contributed by atoms with E-state index < -0.39 is 12.0 Å². The lowest BCUT2D eigenvalue weighted by molar-refractivity contribution is -0.142. The van der Waals surface area contributed by atoms with Gasteiger partial charge in [-0.05, 0) is 24.1 Å². The van der Waals surface area contributed by atoms with E-state index >= 15 is 0 Å². The van der Waals surface area contributed by atoms with Gasteiger partial charge in [-0.3, -0.25) is 4.79 Å². The summed E-state index contributed by atoms with van der Waals surface area (Å²) in [6.45, 7) is 0.860. The second-order valence-corrected chi connectivity index (χ2v) is 5.74. The summed E-state index contributed by atoms with van der Waals surface area (Å²) in [5.74, 6) is -1.69. The highest BCUT2D eigenvalue weighted by atomic mass is 35.5. The standard InChI is InChI=1S/C14H15Cl2NO4/c15-10-2-1-8(11(16)6-10)5-12(14(19)20)17-13(18)9-3-4-21-7-9/h1-2,6,9,12H,3-5,7H2,(H,17,18)(H,19,20)/t9-,12+/m1/s1. The highest BCUT2D eigenvalue weighted by molar-refractivity contribution is 6.35. The molecule has 1 saturated heterocycles. The molecule has 5 nitrogen and oxygen atoms in total. The van der Waals surface area contributed by atoms with Gasteiger partial charge in [0.25, 0.3) is 0 Å². The molecule has 1 aromatic rings. The first-order valence-electron chi connectivity index (χ1n) is 6.52. The third-order valence-electron chi connectivity index (χ3n) is 3.35. The van der Waals surface area contributed by atoms with E-state index in [1.807, 2.05) is 0 Å². The molecule has 0 unspecified atom stereocenters. The molecule has 2 atom stereocenters. The molecule has 0 bridgehead atoms. The highest BCUT2D eigenvalue weighted by Crippen LogP contribution is 2.22. The predicted octanol–water partition coefficient (Wildman–Crippen LogP) is 2.14. The van der Waals surface area contributed by atoms with Gasteiger partial charge in [-0.2, -0.15) is 0 Å². The first-order valence-corrected chi connectivity index (χ1v) is 7.28. The second kappa shape index (κ2) is 7.11. The van der Waals surface area contributed by atoms with Crippen molar-refractivity contribution >= 4 is 35.1 Å². The fraction of sp³-hybridized carbons (Fsp3) is 0.429. The number of carboxylic acids is 1. The van der Waals surface area contributed by atoms with Crippen LogP contribution < -0.4 is 5.32 Å². The number of ether oxygens (including phenoxy) is 1. The average molecular weight is 332 g/mol. The molecule has 114 valence electrons. The maximum absolute atomic E-state index is 12.0. The van der Waals surface area contributed by atoms with Gasteiger partial charge in [0, 0.05) is 23.1 Å². The Balaban J connectivity index is 2.04. The van der Waals surface area contributed by atoms with E-state index in [2.05, 4.69) is 5.32 Å². The molecular formula is C14H15Cl2NO4. The Kier molecular flexibility index (Phi) is 5.45. The van der Waals surface area contributed by atoms with Gasteiger partial charge in [0.2, 0.25) is 5.91 Å². The maximum Gasteiger partial charge on any atom is 0.326 e. The van der Waals surface area contributed by atoms with Crippen molar-refractivity contribution in [2.24, 2.45) is 5.92 Å². The van der Waals surface area contributed by atoms with Gasteiger partial charge in [-0.15, -0.1) is 0 Å². The zero-order valence-electron chi connectivity index (χ0n) is 11.1. The molecule has 1 heterocycles. The van der Waals surface area contributed by atoms with Crippen molar-refractivity contribution in [3.63, 3.8) is 0 Å². The van der Waals surface area contributed by atoms with Gasteiger partial charge < -0.3 is 15.2 Å². The lowest BCUT2D eigenvalue weighted by atomic mass is 10.0. The summed E-state index contributed by atoms with van der Waals surface area (Å²) in [4.78, 5) is 23.3. The van der Waals surface area contributed by atoms with Crippen molar-refractivity contribution in [3.8, 4) is 0 Å². The second-order valence-electron chi connectivity index (χ2n) is 4.90. The number of hydrogen-bond donors (Lipinski definition) is 2. The van der Waals surface area contributed by atoms with Crippen LogP contribution in [0.4, 0.5) is 0 Å². The minimum Gasteiger partial charge on any atom is -0.480 e. The van der Waals surface area contributed by atoms with E-state index in [4.69, 9.17) is 27.9 Å². The molecule has 0 aliphatic carbocycles. The number of halogens is 2.